The number of likely N-dealkylation sites (tertiary alicyclic amines) is 2. The summed E-state index contributed by atoms with van der Waals surface area (Å²) in [6, 6.07) is 0.913. The Bertz CT molecular complexity index is 409. The van der Waals surface area contributed by atoms with Gasteiger partial charge in [-0.25, -0.2) is 0 Å². The molecule has 0 aromatic rings. The number of piperidine rings is 2. The molecule has 3 fully saturated rings. The first-order chi connectivity index (χ1) is 11.7. The lowest BCUT2D eigenvalue weighted by Crippen LogP contribution is -2.56. The molecule has 1 amide bonds. The zero-order chi connectivity index (χ0) is 16.9. The minimum Gasteiger partial charge on any atom is -0.385 e. The minimum atomic E-state index is 0.363. The molecule has 0 aromatic heterocycles. The van der Waals surface area contributed by atoms with Gasteiger partial charge in [0.05, 0.1) is 0 Å². The fourth-order valence-electron chi connectivity index (χ4n) is 5.00. The maximum absolute atomic E-state index is 12.3. The molecule has 0 radical (unpaired) electrons. The summed E-state index contributed by atoms with van der Waals surface area (Å²) in [6.07, 6.45) is 8.92. The zero-order valence-corrected chi connectivity index (χ0v) is 15.3. The summed E-state index contributed by atoms with van der Waals surface area (Å²) in [4.78, 5) is 17.2. The number of methoxy groups -OCH3 is 1. The fraction of sp³-hybridized carbons (Fsp3) is 0.947. The second kappa shape index (κ2) is 8.63. The number of amides is 1. The maximum Gasteiger partial charge on any atom is 0.222 e. The van der Waals surface area contributed by atoms with Crippen molar-refractivity contribution < 1.29 is 9.53 Å². The monoisotopic (exact) mass is 337 g/mol. The summed E-state index contributed by atoms with van der Waals surface area (Å²) in [7, 11) is 1.73. The number of nitrogens with two attached hydrogens (primary N) is 1. The minimum absolute atomic E-state index is 0.363. The van der Waals surface area contributed by atoms with Crippen molar-refractivity contribution in [1.29, 1.82) is 0 Å². The Labute approximate surface area is 146 Å². The molecule has 2 saturated heterocycles. The van der Waals surface area contributed by atoms with Crippen molar-refractivity contribution in [1.82, 2.24) is 9.80 Å². The summed E-state index contributed by atoms with van der Waals surface area (Å²) in [5.41, 5.74) is 6.04. The van der Waals surface area contributed by atoms with Crippen LogP contribution in [0, 0.1) is 11.8 Å². The molecular formula is C19H35N3O2. The van der Waals surface area contributed by atoms with E-state index in [9.17, 15) is 4.79 Å². The molecule has 3 aliphatic rings. The van der Waals surface area contributed by atoms with E-state index in [1.54, 1.807) is 7.11 Å². The van der Waals surface area contributed by atoms with Gasteiger partial charge in [0.1, 0.15) is 0 Å². The van der Waals surface area contributed by atoms with E-state index >= 15 is 0 Å². The molecule has 2 aliphatic heterocycles. The Balaban J connectivity index is 1.49. The average molecular weight is 338 g/mol. The van der Waals surface area contributed by atoms with Crippen molar-refractivity contribution in [2.45, 2.75) is 63.5 Å². The van der Waals surface area contributed by atoms with Crippen molar-refractivity contribution >= 4 is 5.91 Å². The molecule has 3 rings (SSSR count). The van der Waals surface area contributed by atoms with Crippen LogP contribution in [0.15, 0.2) is 0 Å². The first-order valence-electron chi connectivity index (χ1n) is 9.93. The van der Waals surface area contributed by atoms with Gasteiger partial charge in [0.2, 0.25) is 5.91 Å². The average Bonchev–Trinajstić information content (AvgIpc) is 2.59. The second-order valence-corrected chi connectivity index (χ2v) is 8.13. The number of hydrogen-bond acceptors (Lipinski definition) is 4. The van der Waals surface area contributed by atoms with E-state index in [1.165, 1.54) is 38.8 Å². The summed E-state index contributed by atoms with van der Waals surface area (Å²) in [5.74, 6) is 1.87. The Morgan fingerprint density at radius 3 is 2.71 bits per heavy atom. The van der Waals surface area contributed by atoms with Crippen LogP contribution in [0.25, 0.3) is 0 Å². The molecule has 0 bridgehead atoms. The largest absolute Gasteiger partial charge is 0.385 e. The smallest absolute Gasteiger partial charge is 0.222 e. The van der Waals surface area contributed by atoms with Gasteiger partial charge in [-0.05, 0) is 56.8 Å². The number of fused-ring (bicyclic) bond motifs is 1. The van der Waals surface area contributed by atoms with Crippen LogP contribution in [0.1, 0.15) is 51.4 Å². The fourth-order valence-corrected chi connectivity index (χ4v) is 5.00. The number of hydrogen-bond donors (Lipinski definition) is 1. The summed E-state index contributed by atoms with van der Waals surface area (Å²) in [5, 5.41) is 0. The highest BCUT2D eigenvalue weighted by Crippen LogP contribution is 2.33. The third-order valence-corrected chi connectivity index (χ3v) is 6.38. The van der Waals surface area contributed by atoms with E-state index in [1.807, 2.05) is 0 Å². The van der Waals surface area contributed by atoms with Crippen molar-refractivity contribution in [3.05, 3.63) is 0 Å². The summed E-state index contributed by atoms with van der Waals surface area (Å²) < 4.78 is 5.16. The Morgan fingerprint density at radius 1 is 1.17 bits per heavy atom. The normalized spacial score (nSPS) is 35.1. The second-order valence-electron chi connectivity index (χ2n) is 8.13. The lowest BCUT2D eigenvalue weighted by atomic mass is 9.81. The van der Waals surface area contributed by atoms with Crippen molar-refractivity contribution in [3.63, 3.8) is 0 Å². The highest BCUT2D eigenvalue weighted by atomic mass is 16.5. The van der Waals surface area contributed by atoms with Crippen LogP contribution < -0.4 is 5.73 Å². The van der Waals surface area contributed by atoms with Gasteiger partial charge in [-0.2, -0.15) is 0 Å². The molecular weight excluding hydrogens is 302 g/mol. The highest BCUT2D eigenvalue weighted by molar-refractivity contribution is 5.77. The molecule has 24 heavy (non-hydrogen) atoms. The molecule has 0 spiro atoms. The van der Waals surface area contributed by atoms with Crippen LogP contribution in [-0.2, 0) is 9.53 Å². The molecule has 2 atom stereocenters. The third-order valence-electron chi connectivity index (χ3n) is 6.38. The lowest BCUT2D eigenvalue weighted by molar-refractivity contribution is -0.141. The van der Waals surface area contributed by atoms with Crippen LogP contribution in [0.2, 0.25) is 0 Å². The highest BCUT2D eigenvalue weighted by Gasteiger charge is 2.39. The van der Waals surface area contributed by atoms with Gasteiger partial charge in [0, 0.05) is 58.4 Å². The summed E-state index contributed by atoms with van der Waals surface area (Å²) >= 11 is 0. The molecule has 1 saturated carbocycles. The van der Waals surface area contributed by atoms with E-state index in [0.717, 1.165) is 51.3 Å². The van der Waals surface area contributed by atoms with E-state index in [2.05, 4.69) is 9.80 Å². The van der Waals surface area contributed by atoms with E-state index in [0.29, 0.717) is 23.9 Å². The molecule has 2 heterocycles. The molecule has 5 nitrogen and oxygen atoms in total. The van der Waals surface area contributed by atoms with Gasteiger partial charge < -0.3 is 20.3 Å². The number of rotatable bonds is 6. The topological polar surface area (TPSA) is 58.8 Å². The third kappa shape index (κ3) is 4.50. The van der Waals surface area contributed by atoms with Crippen molar-refractivity contribution in [2.75, 3.05) is 39.9 Å². The quantitative estimate of drug-likeness (QED) is 0.752. The van der Waals surface area contributed by atoms with Crippen molar-refractivity contribution in [2.24, 2.45) is 17.6 Å². The Hall–Kier alpha value is -0.650. The molecule has 138 valence electrons. The summed E-state index contributed by atoms with van der Waals surface area (Å²) in [6.45, 7) is 5.19. The van der Waals surface area contributed by atoms with Crippen LogP contribution in [0.3, 0.4) is 0 Å². The van der Waals surface area contributed by atoms with Gasteiger partial charge in [-0.3, -0.25) is 4.79 Å². The van der Waals surface area contributed by atoms with E-state index in [-0.39, 0.29) is 0 Å². The molecule has 1 aliphatic carbocycles. The molecule has 5 heteroatoms. The van der Waals surface area contributed by atoms with Gasteiger partial charge in [-0.1, -0.05) is 0 Å². The number of carbonyl (C=O) groups excluding carboxylic acids is 1. The predicted molar refractivity (Wildman–Crippen MR) is 95.7 cm³/mol. The Morgan fingerprint density at radius 2 is 1.96 bits per heavy atom. The molecule has 2 N–H and O–H groups in total. The lowest BCUT2D eigenvalue weighted by Gasteiger charge is -2.48. The maximum atomic E-state index is 12.3. The van der Waals surface area contributed by atoms with Crippen LogP contribution in [-0.4, -0.2) is 67.7 Å². The van der Waals surface area contributed by atoms with Crippen LogP contribution >= 0.6 is 0 Å². The number of carbonyl (C=O) groups is 1. The van der Waals surface area contributed by atoms with Gasteiger partial charge in [0.25, 0.3) is 0 Å². The zero-order valence-electron chi connectivity index (χ0n) is 15.3. The number of nitrogens with zero attached hydrogens (tertiary/aromatic N) is 2. The van der Waals surface area contributed by atoms with E-state index in [4.69, 9.17) is 10.5 Å². The molecule has 0 aromatic carbocycles. The number of ether oxygens (including phenoxy) is 1. The van der Waals surface area contributed by atoms with Crippen LogP contribution in [0.5, 0.6) is 0 Å². The van der Waals surface area contributed by atoms with Gasteiger partial charge >= 0.3 is 0 Å². The van der Waals surface area contributed by atoms with Gasteiger partial charge in [0.15, 0.2) is 0 Å². The first kappa shape index (κ1) is 18.2. The first-order valence-corrected chi connectivity index (χ1v) is 9.93. The predicted octanol–water partition coefficient (Wildman–Crippen LogP) is 1.85. The standard InChI is InChI=1S/C19H35N3O2/c1-24-12-2-10-22-18-9-11-21(14-16(18)5-8-19(22)23)13-15-3-6-17(20)7-4-15/h15-18H,2-14,20H2,1H3. The van der Waals surface area contributed by atoms with Crippen LogP contribution in [0.4, 0.5) is 0 Å². The Kier molecular flexibility index (Phi) is 6.53. The van der Waals surface area contributed by atoms with E-state index < -0.39 is 0 Å². The SMILES string of the molecule is COCCCN1C(=O)CCC2CN(CC3CCC(N)CC3)CCC21. The van der Waals surface area contributed by atoms with Gasteiger partial charge in [-0.15, -0.1) is 0 Å². The van der Waals surface area contributed by atoms with Crippen molar-refractivity contribution in [3.8, 4) is 0 Å². The molecule has 2 unspecified atom stereocenters.